The van der Waals surface area contributed by atoms with E-state index in [1.807, 2.05) is 7.05 Å². The fraction of sp³-hybridized carbons (Fsp3) is 0.583. The predicted octanol–water partition coefficient (Wildman–Crippen LogP) is -0.255. The van der Waals surface area contributed by atoms with Gasteiger partial charge in [-0.1, -0.05) is 0 Å². The highest BCUT2D eigenvalue weighted by molar-refractivity contribution is 5.93. The highest BCUT2D eigenvalue weighted by atomic mass is 16.4. The van der Waals surface area contributed by atoms with E-state index in [-0.39, 0.29) is 18.9 Å². The molecule has 1 amide bonds. The third-order valence-electron chi connectivity index (χ3n) is 3.23. The van der Waals surface area contributed by atoms with Crippen LogP contribution in [0.25, 0.3) is 0 Å². The summed E-state index contributed by atoms with van der Waals surface area (Å²) in [6.07, 6.45) is 3.12. The summed E-state index contributed by atoms with van der Waals surface area (Å²) in [5.41, 5.74) is 0.523. The van der Waals surface area contributed by atoms with Crippen LogP contribution in [-0.4, -0.2) is 69.8 Å². The normalized spacial score (nSPS) is 16.6. The number of hydrogen-bond donors (Lipinski definition) is 1. The first-order valence-corrected chi connectivity index (χ1v) is 6.28. The maximum atomic E-state index is 12.2. The molecule has 2 heterocycles. The molecule has 0 bridgehead atoms. The molecule has 0 atom stereocenters. The minimum atomic E-state index is -0.873. The van der Waals surface area contributed by atoms with Gasteiger partial charge in [-0.2, -0.15) is 5.10 Å². The van der Waals surface area contributed by atoms with Gasteiger partial charge in [-0.25, -0.2) is 0 Å². The van der Waals surface area contributed by atoms with Gasteiger partial charge in [0.2, 0.25) is 0 Å². The van der Waals surface area contributed by atoms with Gasteiger partial charge in [0, 0.05) is 32.4 Å². The Labute approximate surface area is 111 Å². The van der Waals surface area contributed by atoms with Gasteiger partial charge in [0.15, 0.2) is 0 Å². The standard InChI is InChI=1S/C12H18N4O3/c1-14-4-6-15(7-5-14)12(19)10-8-13-16(9-10)3-2-11(17)18/h8-9H,2-7H2,1H3,(H,17,18). The zero-order chi connectivity index (χ0) is 13.8. The highest BCUT2D eigenvalue weighted by Gasteiger charge is 2.21. The Morgan fingerprint density at radius 3 is 2.63 bits per heavy atom. The second-order valence-corrected chi connectivity index (χ2v) is 4.73. The largest absolute Gasteiger partial charge is 0.481 e. The summed E-state index contributed by atoms with van der Waals surface area (Å²) in [4.78, 5) is 26.7. The Hall–Kier alpha value is -1.89. The molecule has 0 radical (unpaired) electrons. The number of carboxylic acids is 1. The summed E-state index contributed by atoms with van der Waals surface area (Å²) < 4.78 is 1.50. The number of carboxylic acid groups (broad SMARTS) is 1. The molecule has 1 aromatic heterocycles. The van der Waals surface area contributed by atoms with Crippen molar-refractivity contribution in [3.63, 3.8) is 0 Å². The molecule has 1 N–H and O–H groups in total. The van der Waals surface area contributed by atoms with Gasteiger partial charge in [-0.3, -0.25) is 14.3 Å². The number of carbonyl (C=O) groups excluding carboxylic acids is 1. The molecule has 1 saturated heterocycles. The zero-order valence-electron chi connectivity index (χ0n) is 10.9. The molecule has 0 unspecified atom stereocenters. The Balaban J connectivity index is 1.94. The summed E-state index contributed by atoms with van der Waals surface area (Å²) in [6.45, 7) is 3.47. The topological polar surface area (TPSA) is 78.7 Å². The van der Waals surface area contributed by atoms with Crippen LogP contribution in [0.5, 0.6) is 0 Å². The number of likely N-dealkylation sites (N-methyl/N-ethyl adjacent to an activating group) is 1. The van der Waals surface area contributed by atoms with E-state index < -0.39 is 5.97 Å². The molecule has 0 aromatic carbocycles. The zero-order valence-corrected chi connectivity index (χ0v) is 10.9. The van der Waals surface area contributed by atoms with Gasteiger partial charge in [0.1, 0.15) is 0 Å². The third kappa shape index (κ3) is 3.54. The van der Waals surface area contributed by atoms with Gasteiger partial charge in [0.05, 0.1) is 24.7 Å². The Morgan fingerprint density at radius 1 is 1.32 bits per heavy atom. The van der Waals surface area contributed by atoms with Crippen molar-refractivity contribution >= 4 is 11.9 Å². The Morgan fingerprint density at radius 2 is 2.00 bits per heavy atom. The van der Waals surface area contributed by atoms with Crippen molar-refractivity contribution in [2.75, 3.05) is 33.2 Å². The molecule has 0 aliphatic carbocycles. The van der Waals surface area contributed by atoms with E-state index in [4.69, 9.17) is 5.11 Å². The minimum Gasteiger partial charge on any atom is -0.481 e. The fourth-order valence-electron chi connectivity index (χ4n) is 2.00. The van der Waals surface area contributed by atoms with E-state index in [0.29, 0.717) is 5.56 Å². The van der Waals surface area contributed by atoms with E-state index >= 15 is 0 Å². The van der Waals surface area contributed by atoms with Crippen LogP contribution >= 0.6 is 0 Å². The fourth-order valence-corrected chi connectivity index (χ4v) is 2.00. The summed E-state index contributed by atoms with van der Waals surface area (Å²) in [7, 11) is 2.03. The van der Waals surface area contributed by atoms with Crippen LogP contribution < -0.4 is 0 Å². The first-order chi connectivity index (χ1) is 9.06. The van der Waals surface area contributed by atoms with E-state index in [1.54, 1.807) is 11.1 Å². The van der Waals surface area contributed by atoms with Crippen molar-refractivity contribution in [2.45, 2.75) is 13.0 Å². The molecule has 19 heavy (non-hydrogen) atoms. The van der Waals surface area contributed by atoms with Crippen molar-refractivity contribution in [2.24, 2.45) is 0 Å². The SMILES string of the molecule is CN1CCN(C(=O)c2cnn(CCC(=O)O)c2)CC1. The summed E-state index contributed by atoms with van der Waals surface area (Å²) in [5.74, 6) is -0.905. The molecular formula is C12H18N4O3. The summed E-state index contributed by atoms with van der Waals surface area (Å²) >= 11 is 0. The minimum absolute atomic E-state index is 0.00379. The number of aliphatic carboxylic acids is 1. The number of piperazine rings is 1. The number of carbonyl (C=O) groups is 2. The van der Waals surface area contributed by atoms with Gasteiger partial charge >= 0.3 is 5.97 Å². The third-order valence-corrected chi connectivity index (χ3v) is 3.23. The van der Waals surface area contributed by atoms with Crippen LogP contribution in [0.4, 0.5) is 0 Å². The smallest absolute Gasteiger partial charge is 0.305 e. The van der Waals surface area contributed by atoms with Crippen LogP contribution in [0.2, 0.25) is 0 Å². The molecule has 104 valence electrons. The lowest BCUT2D eigenvalue weighted by Gasteiger charge is -2.32. The van der Waals surface area contributed by atoms with Gasteiger partial charge in [0.25, 0.3) is 5.91 Å². The Kier molecular flexibility index (Phi) is 4.16. The average molecular weight is 266 g/mol. The maximum Gasteiger partial charge on any atom is 0.305 e. The van der Waals surface area contributed by atoms with Gasteiger partial charge in [-0.15, -0.1) is 0 Å². The number of rotatable bonds is 4. The van der Waals surface area contributed by atoms with Crippen molar-refractivity contribution < 1.29 is 14.7 Å². The lowest BCUT2D eigenvalue weighted by Crippen LogP contribution is -2.47. The quantitative estimate of drug-likeness (QED) is 0.812. The molecular weight excluding hydrogens is 248 g/mol. The average Bonchev–Trinajstić information content (AvgIpc) is 2.85. The van der Waals surface area contributed by atoms with Crippen molar-refractivity contribution in [1.82, 2.24) is 19.6 Å². The van der Waals surface area contributed by atoms with Crippen LogP contribution in [0.3, 0.4) is 0 Å². The molecule has 0 saturated carbocycles. The number of hydrogen-bond acceptors (Lipinski definition) is 4. The summed E-state index contributed by atoms with van der Waals surface area (Å²) in [6, 6.07) is 0. The molecule has 1 aliphatic rings. The first-order valence-electron chi connectivity index (χ1n) is 6.28. The molecule has 7 nitrogen and oxygen atoms in total. The number of aromatic nitrogens is 2. The lowest BCUT2D eigenvalue weighted by atomic mass is 10.2. The molecule has 1 aliphatic heterocycles. The highest BCUT2D eigenvalue weighted by Crippen LogP contribution is 2.07. The number of amides is 1. The maximum absolute atomic E-state index is 12.2. The molecule has 2 rings (SSSR count). The monoisotopic (exact) mass is 266 g/mol. The first kappa shape index (κ1) is 13.5. The van der Waals surface area contributed by atoms with Crippen LogP contribution in [0.1, 0.15) is 16.8 Å². The number of aryl methyl sites for hydroxylation is 1. The van der Waals surface area contributed by atoms with Crippen LogP contribution in [-0.2, 0) is 11.3 Å². The van der Waals surface area contributed by atoms with E-state index in [9.17, 15) is 9.59 Å². The predicted molar refractivity (Wildman–Crippen MR) is 67.9 cm³/mol. The van der Waals surface area contributed by atoms with Gasteiger partial charge < -0.3 is 14.9 Å². The molecule has 1 aromatic rings. The van der Waals surface area contributed by atoms with Crippen LogP contribution in [0, 0.1) is 0 Å². The van der Waals surface area contributed by atoms with Crippen molar-refractivity contribution in [3.05, 3.63) is 18.0 Å². The van der Waals surface area contributed by atoms with Crippen molar-refractivity contribution in [3.8, 4) is 0 Å². The second-order valence-electron chi connectivity index (χ2n) is 4.73. The van der Waals surface area contributed by atoms with E-state index in [1.165, 1.54) is 10.9 Å². The summed E-state index contributed by atoms with van der Waals surface area (Å²) in [5, 5.41) is 12.6. The number of nitrogens with zero attached hydrogens (tertiary/aromatic N) is 4. The van der Waals surface area contributed by atoms with E-state index in [0.717, 1.165) is 26.2 Å². The second kappa shape index (κ2) is 5.83. The van der Waals surface area contributed by atoms with Gasteiger partial charge in [-0.05, 0) is 7.05 Å². The van der Waals surface area contributed by atoms with Crippen LogP contribution in [0.15, 0.2) is 12.4 Å². The van der Waals surface area contributed by atoms with Crippen molar-refractivity contribution in [1.29, 1.82) is 0 Å². The molecule has 7 heteroatoms. The molecule has 1 fully saturated rings. The molecule has 0 spiro atoms. The van der Waals surface area contributed by atoms with E-state index in [2.05, 4.69) is 10.00 Å². The Bertz CT molecular complexity index is 463. The lowest BCUT2D eigenvalue weighted by molar-refractivity contribution is -0.137.